The second-order valence-corrected chi connectivity index (χ2v) is 3.20. The smallest absolute Gasteiger partial charge is 0.0890 e. The maximum Gasteiger partial charge on any atom is 0.110 e. The Morgan fingerprint density at radius 2 is 2.50 bits per heavy atom. The predicted molar refractivity (Wildman–Crippen MR) is 43.1 cm³/mol. The molecule has 0 saturated heterocycles. The Bertz CT molecular complexity index is 137. The third-order valence-corrected chi connectivity index (χ3v) is 1.82. The first-order valence-corrected chi connectivity index (χ1v) is 3.61. The first kappa shape index (κ1) is 6.15. The van der Waals surface area contributed by atoms with Gasteiger partial charge in [0, 0.05) is 0 Å². The maximum absolute atomic E-state index is 3.44. The molecule has 0 bridgehead atoms. The molecule has 0 amide bonds. The first-order chi connectivity index (χ1) is 3.79. The summed E-state index contributed by atoms with van der Waals surface area (Å²) in [6, 6.07) is 0. The van der Waals surface area contributed by atoms with Gasteiger partial charge in [0.05, 0.1) is 0 Å². The molecule has 0 aliphatic heterocycles. The fourth-order valence-corrected chi connectivity index (χ4v) is 1.46. The van der Waals surface area contributed by atoms with E-state index in [1.807, 2.05) is 0 Å². The first-order valence-electron chi connectivity index (χ1n) is 2.82. The predicted octanol–water partition coefficient (Wildman–Crippen LogP) is 1.65. The minimum absolute atomic E-state index is 0.717. The highest BCUT2D eigenvalue weighted by atomic mass is 79.9. The lowest BCUT2D eigenvalue weighted by Gasteiger charge is -2.07. The molecule has 1 atom stereocenters. The van der Waals surface area contributed by atoms with Gasteiger partial charge < -0.3 is 0 Å². The summed E-state index contributed by atoms with van der Waals surface area (Å²) < 4.78 is 1.31. The van der Waals surface area contributed by atoms with Gasteiger partial charge in [0.15, 0.2) is 0 Å². The lowest BCUT2D eigenvalue weighted by molar-refractivity contribution is 1.02. The standard InChI is InChI=1S/C6H8BBr/c7-5-2-1-3-6(8)4-5/h1-3,5H,4,7H2. The number of halogens is 1. The fourth-order valence-electron chi connectivity index (χ4n) is 0.793. The molecule has 2 heteroatoms. The van der Waals surface area contributed by atoms with Gasteiger partial charge in [0.1, 0.15) is 7.85 Å². The molecular formula is C6H8BBr. The van der Waals surface area contributed by atoms with Crippen LogP contribution in [0.4, 0.5) is 0 Å². The molecule has 0 nitrogen and oxygen atoms in total. The van der Waals surface area contributed by atoms with Crippen molar-refractivity contribution in [2.24, 2.45) is 0 Å². The summed E-state index contributed by atoms with van der Waals surface area (Å²) in [4.78, 5) is 0. The number of hydrogen-bond donors (Lipinski definition) is 0. The second-order valence-electron chi connectivity index (χ2n) is 2.18. The van der Waals surface area contributed by atoms with Crippen LogP contribution >= 0.6 is 15.9 Å². The summed E-state index contributed by atoms with van der Waals surface area (Å²) in [6.45, 7) is 0. The Morgan fingerprint density at radius 3 is 2.88 bits per heavy atom. The van der Waals surface area contributed by atoms with Crippen molar-refractivity contribution in [3.8, 4) is 0 Å². The van der Waals surface area contributed by atoms with E-state index in [1.165, 1.54) is 4.48 Å². The van der Waals surface area contributed by atoms with Crippen LogP contribution < -0.4 is 0 Å². The van der Waals surface area contributed by atoms with Crippen LogP contribution in [-0.4, -0.2) is 7.85 Å². The van der Waals surface area contributed by atoms with Gasteiger partial charge in [0.25, 0.3) is 0 Å². The molecule has 0 aromatic carbocycles. The van der Waals surface area contributed by atoms with Gasteiger partial charge in [0.2, 0.25) is 0 Å². The summed E-state index contributed by atoms with van der Waals surface area (Å²) >= 11 is 3.44. The monoisotopic (exact) mass is 170 g/mol. The molecule has 1 unspecified atom stereocenters. The van der Waals surface area contributed by atoms with Crippen molar-refractivity contribution in [3.05, 3.63) is 22.7 Å². The summed E-state index contributed by atoms with van der Waals surface area (Å²) in [5.74, 6) is 0.717. The fraction of sp³-hybridized carbons (Fsp3) is 0.333. The van der Waals surface area contributed by atoms with Gasteiger partial charge in [-0.2, -0.15) is 0 Å². The van der Waals surface area contributed by atoms with Gasteiger partial charge in [-0.05, 0) is 16.7 Å². The molecule has 0 fully saturated rings. The molecule has 0 radical (unpaired) electrons. The van der Waals surface area contributed by atoms with Crippen LogP contribution in [0.1, 0.15) is 6.42 Å². The van der Waals surface area contributed by atoms with Crippen molar-refractivity contribution >= 4 is 23.8 Å². The van der Waals surface area contributed by atoms with Crippen molar-refractivity contribution in [1.82, 2.24) is 0 Å². The highest BCUT2D eigenvalue weighted by Crippen LogP contribution is 2.23. The van der Waals surface area contributed by atoms with E-state index in [0.29, 0.717) is 0 Å². The molecule has 8 heavy (non-hydrogen) atoms. The summed E-state index contributed by atoms with van der Waals surface area (Å²) in [5.41, 5.74) is 0. The van der Waals surface area contributed by atoms with E-state index in [2.05, 4.69) is 42.0 Å². The van der Waals surface area contributed by atoms with Gasteiger partial charge >= 0.3 is 0 Å². The molecular weight excluding hydrogens is 163 g/mol. The van der Waals surface area contributed by atoms with E-state index in [9.17, 15) is 0 Å². The average molecular weight is 171 g/mol. The van der Waals surface area contributed by atoms with Crippen LogP contribution in [0.5, 0.6) is 0 Å². The minimum atomic E-state index is 0.717. The zero-order chi connectivity index (χ0) is 5.98. The molecule has 42 valence electrons. The van der Waals surface area contributed by atoms with Gasteiger partial charge in [-0.15, -0.1) is 0 Å². The lowest BCUT2D eigenvalue weighted by Crippen LogP contribution is -1.90. The van der Waals surface area contributed by atoms with E-state index >= 15 is 0 Å². The quantitative estimate of drug-likeness (QED) is 0.486. The van der Waals surface area contributed by atoms with Crippen LogP contribution in [0.3, 0.4) is 0 Å². The van der Waals surface area contributed by atoms with E-state index < -0.39 is 0 Å². The Balaban J connectivity index is 2.59. The number of hydrogen-bond acceptors (Lipinski definition) is 0. The largest absolute Gasteiger partial charge is 0.110 e. The number of rotatable bonds is 0. The van der Waals surface area contributed by atoms with Gasteiger partial charge in [-0.25, -0.2) is 0 Å². The molecule has 0 aromatic rings. The second kappa shape index (κ2) is 2.54. The SMILES string of the molecule is BC1C=CC=C(Br)C1. The van der Waals surface area contributed by atoms with Crippen molar-refractivity contribution < 1.29 is 0 Å². The average Bonchev–Trinajstić information content (AvgIpc) is 1.64. The zero-order valence-electron chi connectivity index (χ0n) is 4.89. The summed E-state index contributed by atoms with van der Waals surface area (Å²) in [7, 11) is 2.21. The van der Waals surface area contributed by atoms with E-state index in [4.69, 9.17) is 0 Å². The van der Waals surface area contributed by atoms with Gasteiger partial charge in [-0.3, -0.25) is 0 Å². The molecule has 1 rings (SSSR count). The molecule has 0 saturated carbocycles. The Hall–Kier alpha value is 0.0249. The van der Waals surface area contributed by atoms with Crippen molar-refractivity contribution in [2.75, 3.05) is 0 Å². The highest BCUT2D eigenvalue weighted by molar-refractivity contribution is 9.11. The lowest BCUT2D eigenvalue weighted by atomic mass is 9.82. The minimum Gasteiger partial charge on any atom is -0.0890 e. The van der Waals surface area contributed by atoms with E-state index in [1.54, 1.807) is 0 Å². The third-order valence-electron chi connectivity index (χ3n) is 1.23. The molecule has 1 aliphatic rings. The number of allylic oxidation sites excluding steroid dienone is 4. The Morgan fingerprint density at radius 1 is 1.75 bits per heavy atom. The molecule has 1 aliphatic carbocycles. The normalized spacial score (nSPS) is 27.6. The van der Waals surface area contributed by atoms with E-state index in [0.717, 1.165) is 12.2 Å². The van der Waals surface area contributed by atoms with Crippen LogP contribution in [0.25, 0.3) is 0 Å². The van der Waals surface area contributed by atoms with Crippen LogP contribution in [0.2, 0.25) is 5.82 Å². The van der Waals surface area contributed by atoms with Crippen molar-refractivity contribution in [2.45, 2.75) is 12.2 Å². The Kier molecular flexibility index (Phi) is 1.95. The van der Waals surface area contributed by atoms with Crippen molar-refractivity contribution in [3.63, 3.8) is 0 Å². The van der Waals surface area contributed by atoms with Crippen LogP contribution in [0.15, 0.2) is 22.7 Å². The summed E-state index contributed by atoms with van der Waals surface area (Å²) in [5, 5.41) is 0. The zero-order valence-corrected chi connectivity index (χ0v) is 6.48. The van der Waals surface area contributed by atoms with Crippen molar-refractivity contribution in [1.29, 1.82) is 0 Å². The Labute approximate surface area is 59.2 Å². The molecule has 0 N–H and O–H groups in total. The maximum atomic E-state index is 3.44. The topological polar surface area (TPSA) is 0 Å². The highest BCUT2D eigenvalue weighted by Gasteiger charge is 2.01. The molecule has 0 spiro atoms. The summed E-state index contributed by atoms with van der Waals surface area (Å²) in [6.07, 6.45) is 7.57. The molecule has 0 aromatic heterocycles. The molecule has 0 heterocycles. The van der Waals surface area contributed by atoms with E-state index in [-0.39, 0.29) is 0 Å². The third kappa shape index (κ3) is 1.51. The van der Waals surface area contributed by atoms with Crippen LogP contribution in [0, 0.1) is 0 Å². The van der Waals surface area contributed by atoms with Gasteiger partial charge in [-0.1, -0.05) is 34.2 Å². The van der Waals surface area contributed by atoms with Crippen LogP contribution in [-0.2, 0) is 0 Å².